The molecule has 1 aliphatic heterocycles. The van der Waals surface area contributed by atoms with E-state index in [2.05, 4.69) is 10.6 Å². The normalized spacial score (nSPS) is 17.5. The van der Waals surface area contributed by atoms with Gasteiger partial charge >= 0.3 is 6.18 Å². The van der Waals surface area contributed by atoms with Gasteiger partial charge in [0.2, 0.25) is 11.8 Å². The number of amides is 3. The van der Waals surface area contributed by atoms with Crippen LogP contribution in [0.1, 0.15) is 40.4 Å². The Balaban J connectivity index is 1.47. The number of nitrogens with one attached hydrogen (secondary N) is 2. The summed E-state index contributed by atoms with van der Waals surface area (Å²) in [5.41, 5.74) is 0.523. The van der Waals surface area contributed by atoms with Crippen molar-refractivity contribution in [3.05, 3.63) is 59.2 Å². The summed E-state index contributed by atoms with van der Waals surface area (Å²) in [5.74, 6) is -1.40. The summed E-state index contributed by atoms with van der Waals surface area (Å²) in [7, 11) is 3.28. The SMILES string of the molecule is CN(C)c1ccc(C(F)(F)F)cc1NC(=O)CNC(=O)C1c2ccccc2C(=O)N1C1CC1. The van der Waals surface area contributed by atoms with Crippen LogP contribution in [0.2, 0.25) is 0 Å². The first-order valence-corrected chi connectivity index (χ1v) is 10.5. The zero-order chi connectivity index (χ0) is 23.9. The van der Waals surface area contributed by atoms with Crippen LogP contribution in [0.3, 0.4) is 0 Å². The molecule has 0 bridgehead atoms. The topological polar surface area (TPSA) is 81.8 Å². The number of rotatable bonds is 6. The van der Waals surface area contributed by atoms with Crippen molar-refractivity contribution in [3.63, 3.8) is 0 Å². The predicted molar refractivity (Wildman–Crippen MR) is 116 cm³/mol. The molecule has 1 aliphatic carbocycles. The number of benzene rings is 2. The van der Waals surface area contributed by atoms with E-state index in [1.54, 1.807) is 48.2 Å². The average molecular weight is 460 g/mol. The smallest absolute Gasteiger partial charge is 0.376 e. The van der Waals surface area contributed by atoms with Crippen molar-refractivity contribution < 1.29 is 27.6 Å². The third-order valence-electron chi connectivity index (χ3n) is 5.69. The van der Waals surface area contributed by atoms with Crippen LogP contribution in [-0.2, 0) is 15.8 Å². The standard InChI is InChI=1S/C23H23F3N4O3/c1-29(2)18-10-7-13(23(24,25)26)11-17(18)28-19(31)12-27-21(32)20-15-5-3-4-6-16(15)22(33)30(20)14-8-9-14/h3-7,10-11,14,20H,8-9,12H2,1-2H3,(H,27,32)(H,28,31). The molecule has 33 heavy (non-hydrogen) atoms. The first-order valence-electron chi connectivity index (χ1n) is 10.5. The van der Waals surface area contributed by atoms with Crippen LogP contribution in [0, 0.1) is 0 Å². The van der Waals surface area contributed by atoms with Gasteiger partial charge in [0.25, 0.3) is 5.91 Å². The molecule has 2 N–H and O–H groups in total. The van der Waals surface area contributed by atoms with E-state index in [0.717, 1.165) is 25.0 Å². The van der Waals surface area contributed by atoms with E-state index in [9.17, 15) is 27.6 Å². The van der Waals surface area contributed by atoms with Crippen molar-refractivity contribution in [2.24, 2.45) is 0 Å². The van der Waals surface area contributed by atoms with Crippen molar-refractivity contribution >= 4 is 29.1 Å². The van der Waals surface area contributed by atoms with Gasteiger partial charge in [0.05, 0.1) is 23.5 Å². The van der Waals surface area contributed by atoms with Gasteiger partial charge in [-0.3, -0.25) is 14.4 Å². The van der Waals surface area contributed by atoms with Crippen molar-refractivity contribution in [2.75, 3.05) is 30.9 Å². The molecule has 1 unspecified atom stereocenters. The van der Waals surface area contributed by atoms with Gasteiger partial charge in [-0.1, -0.05) is 18.2 Å². The van der Waals surface area contributed by atoms with Gasteiger partial charge in [-0.2, -0.15) is 13.2 Å². The molecule has 1 fully saturated rings. The molecule has 0 radical (unpaired) electrons. The van der Waals surface area contributed by atoms with Gasteiger partial charge in [-0.15, -0.1) is 0 Å². The molecule has 0 saturated heterocycles. The van der Waals surface area contributed by atoms with Crippen LogP contribution in [0.15, 0.2) is 42.5 Å². The van der Waals surface area contributed by atoms with E-state index in [1.165, 1.54) is 6.07 Å². The van der Waals surface area contributed by atoms with Crippen LogP contribution in [-0.4, -0.2) is 49.3 Å². The Morgan fingerprint density at radius 1 is 1.12 bits per heavy atom. The van der Waals surface area contributed by atoms with Crippen molar-refractivity contribution in [1.82, 2.24) is 10.2 Å². The minimum atomic E-state index is -4.56. The van der Waals surface area contributed by atoms with Crippen LogP contribution in [0.25, 0.3) is 0 Å². The molecule has 1 atom stereocenters. The number of nitrogens with zero attached hydrogens (tertiary/aromatic N) is 2. The maximum Gasteiger partial charge on any atom is 0.416 e. The second-order valence-corrected chi connectivity index (χ2v) is 8.32. The number of halogens is 3. The van der Waals surface area contributed by atoms with E-state index in [-0.39, 0.29) is 17.6 Å². The highest BCUT2D eigenvalue weighted by Crippen LogP contribution is 2.42. The molecule has 3 amide bonds. The van der Waals surface area contributed by atoms with Crippen molar-refractivity contribution in [3.8, 4) is 0 Å². The largest absolute Gasteiger partial charge is 0.416 e. The van der Waals surface area contributed by atoms with Crippen molar-refractivity contribution in [1.29, 1.82) is 0 Å². The maximum absolute atomic E-state index is 13.1. The number of hydrogen-bond donors (Lipinski definition) is 2. The first-order chi connectivity index (χ1) is 15.6. The average Bonchev–Trinajstić information content (AvgIpc) is 3.55. The van der Waals surface area contributed by atoms with E-state index >= 15 is 0 Å². The Morgan fingerprint density at radius 3 is 2.45 bits per heavy atom. The van der Waals surface area contributed by atoms with Gasteiger partial charge in [-0.25, -0.2) is 0 Å². The molecule has 2 aromatic rings. The number of anilines is 2. The van der Waals surface area contributed by atoms with Gasteiger partial charge in [0, 0.05) is 25.7 Å². The molecule has 2 aliphatic rings. The molecule has 0 aromatic heterocycles. The summed E-state index contributed by atoms with van der Waals surface area (Å²) in [6.07, 6.45) is -2.94. The Kier molecular flexibility index (Phi) is 5.77. The van der Waals surface area contributed by atoms with Gasteiger partial charge in [0.15, 0.2) is 0 Å². The first kappa shape index (κ1) is 22.6. The molecular formula is C23H23F3N4O3. The Labute approximate surface area is 188 Å². The lowest BCUT2D eigenvalue weighted by atomic mass is 10.0. The molecule has 1 saturated carbocycles. The fourth-order valence-corrected chi connectivity index (χ4v) is 3.99. The lowest BCUT2D eigenvalue weighted by molar-refractivity contribution is -0.137. The van der Waals surface area contributed by atoms with Crippen molar-refractivity contribution in [2.45, 2.75) is 31.1 Å². The molecule has 1 heterocycles. The van der Waals surface area contributed by atoms with Gasteiger partial charge in [-0.05, 0) is 42.7 Å². The summed E-state index contributed by atoms with van der Waals surface area (Å²) in [6, 6.07) is 9.07. The van der Waals surface area contributed by atoms with E-state index < -0.39 is 36.1 Å². The predicted octanol–water partition coefficient (Wildman–Crippen LogP) is 3.19. The number of carbonyl (C=O) groups is 3. The minimum absolute atomic E-state index is 0.0118. The third-order valence-corrected chi connectivity index (χ3v) is 5.69. The molecular weight excluding hydrogens is 437 g/mol. The number of alkyl halides is 3. The zero-order valence-electron chi connectivity index (χ0n) is 18.1. The highest BCUT2D eigenvalue weighted by atomic mass is 19.4. The van der Waals surface area contributed by atoms with Crippen LogP contribution in [0.4, 0.5) is 24.5 Å². The zero-order valence-corrected chi connectivity index (χ0v) is 18.1. The van der Waals surface area contributed by atoms with Gasteiger partial charge < -0.3 is 20.4 Å². The highest BCUT2D eigenvalue weighted by molar-refractivity contribution is 6.06. The summed E-state index contributed by atoms with van der Waals surface area (Å²) >= 11 is 0. The van der Waals surface area contributed by atoms with E-state index in [4.69, 9.17) is 0 Å². The van der Waals surface area contributed by atoms with Crippen LogP contribution >= 0.6 is 0 Å². The quantitative estimate of drug-likeness (QED) is 0.694. The fraction of sp³-hybridized carbons (Fsp3) is 0.348. The number of carbonyl (C=O) groups excluding carboxylic acids is 3. The van der Waals surface area contributed by atoms with Crippen LogP contribution < -0.4 is 15.5 Å². The Hall–Kier alpha value is -3.56. The summed E-state index contributed by atoms with van der Waals surface area (Å²) < 4.78 is 39.3. The summed E-state index contributed by atoms with van der Waals surface area (Å²) in [5, 5.41) is 4.98. The molecule has 7 nitrogen and oxygen atoms in total. The monoisotopic (exact) mass is 460 g/mol. The summed E-state index contributed by atoms with van der Waals surface area (Å²) in [6.45, 7) is -0.451. The third kappa shape index (κ3) is 4.50. The maximum atomic E-state index is 13.1. The molecule has 0 spiro atoms. The molecule has 174 valence electrons. The fourth-order valence-electron chi connectivity index (χ4n) is 3.99. The Bertz CT molecular complexity index is 1110. The lowest BCUT2D eigenvalue weighted by Crippen LogP contribution is -2.42. The molecule has 10 heteroatoms. The number of hydrogen-bond acceptors (Lipinski definition) is 4. The number of fused-ring (bicyclic) bond motifs is 1. The van der Waals surface area contributed by atoms with E-state index in [1.807, 2.05) is 0 Å². The summed E-state index contributed by atoms with van der Waals surface area (Å²) in [4.78, 5) is 41.4. The molecule has 2 aromatic carbocycles. The van der Waals surface area contributed by atoms with E-state index in [0.29, 0.717) is 16.8 Å². The lowest BCUT2D eigenvalue weighted by Gasteiger charge is -2.24. The van der Waals surface area contributed by atoms with Crippen LogP contribution in [0.5, 0.6) is 0 Å². The second kappa shape index (κ2) is 8.42. The minimum Gasteiger partial charge on any atom is -0.376 e. The highest BCUT2D eigenvalue weighted by Gasteiger charge is 2.47. The second-order valence-electron chi connectivity index (χ2n) is 8.32. The van der Waals surface area contributed by atoms with Gasteiger partial charge in [0.1, 0.15) is 6.04 Å². The molecule has 4 rings (SSSR count). The Morgan fingerprint density at radius 2 is 1.82 bits per heavy atom.